The van der Waals surface area contributed by atoms with Gasteiger partial charge in [0.2, 0.25) is 0 Å². The molecule has 0 N–H and O–H groups in total. The number of hydrogen-bond donors (Lipinski definition) is 0. The molecule has 32 heavy (non-hydrogen) atoms. The molecule has 0 aliphatic carbocycles. The fraction of sp³-hybridized carbons (Fsp3) is 0.500. The van der Waals surface area contributed by atoms with Crippen molar-refractivity contribution >= 4 is 0 Å². The lowest BCUT2D eigenvalue weighted by Crippen LogP contribution is -3.00. The van der Waals surface area contributed by atoms with Crippen molar-refractivity contribution in [2.45, 2.75) is 90.1 Å². The van der Waals surface area contributed by atoms with Gasteiger partial charge in [-0.05, 0) is 37.8 Å². The van der Waals surface area contributed by atoms with Crippen LogP contribution in [0, 0.1) is 23.7 Å². The van der Waals surface area contributed by atoms with Crippen LogP contribution < -0.4 is 57.1 Å². The van der Waals surface area contributed by atoms with E-state index >= 15 is 0 Å². The van der Waals surface area contributed by atoms with Crippen LogP contribution in [0.2, 0.25) is 0 Å². The molecule has 2 aromatic rings. The Hall–Kier alpha value is -1.12. The van der Waals surface area contributed by atoms with E-state index in [0.717, 1.165) is 37.1 Å². The van der Waals surface area contributed by atoms with Crippen LogP contribution in [0.3, 0.4) is 0 Å². The van der Waals surface area contributed by atoms with Gasteiger partial charge in [-0.25, -0.2) is 9.13 Å². The number of hydrogen-bond acceptors (Lipinski definition) is 0. The zero-order chi connectivity index (χ0) is 20.7. The molecule has 2 aromatic heterocycles. The number of aromatic nitrogens is 2. The highest BCUT2D eigenvalue weighted by Crippen LogP contribution is 2.07. The molecule has 0 atom stereocenters. The van der Waals surface area contributed by atoms with Gasteiger partial charge < -0.3 is 48.0 Å². The number of nitrogens with zero attached hydrogens (tertiary/aromatic N) is 2. The summed E-state index contributed by atoms with van der Waals surface area (Å²) in [5.41, 5.74) is 2.28. The molecule has 4 heteroatoms. The molecule has 1 aliphatic rings. The van der Waals surface area contributed by atoms with Gasteiger partial charge in [-0.2, -0.15) is 0 Å². The van der Waals surface area contributed by atoms with E-state index in [1.165, 1.54) is 64.2 Å². The molecule has 0 aromatic carbocycles. The van der Waals surface area contributed by atoms with E-state index in [-0.39, 0.29) is 48.0 Å². The summed E-state index contributed by atoms with van der Waals surface area (Å²) in [6, 6.07) is 8.50. The lowest BCUT2D eigenvalue weighted by atomic mass is 10.1. The van der Waals surface area contributed by atoms with E-state index in [4.69, 9.17) is 0 Å². The van der Waals surface area contributed by atoms with Crippen LogP contribution in [0.15, 0.2) is 49.1 Å². The maximum absolute atomic E-state index is 3.35. The molecule has 0 spiro atoms. The van der Waals surface area contributed by atoms with Gasteiger partial charge >= 0.3 is 0 Å². The third-order valence-corrected chi connectivity index (χ3v) is 5.62. The molecule has 2 nitrogen and oxygen atoms in total. The molecular weight excluding hydrogens is 618 g/mol. The highest BCUT2D eigenvalue weighted by Gasteiger charge is 2.03. The first-order chi connectivity index (χ1) is 14.9. The summed E-state index contributed by atoms with van der Waals surface area (Å²) in [5.74, 6) is 13.4. The van der Waals surface area contributed by atoms with Crippen LogP contribution in [0.25, 0.3) is 0 Å². The summed E-state index contributed by atoms with van der Waals surface area (Å²) in [4.78, 5) is 0. The second-order valence-corrected chi connectivity index (χ2v) is 8.30. The SMILES string of the molecule is C1#Cc2ccc[n+](c2)CCCCCCCC[n+]2cccc(c2)C#CCCCCCC1.[I-].[I-]. The Bertz CT molecular complexity index is 827. The largest absolute Gasteiger partial charge is 1.00 e. The second kappa shape index (κ2) is 18.3. The van der Waals surface area contributed by atoms with Gasteiger partial charge in [0, 0.05) is 37.8 Å². The topological polar surface area (TPSA) is 7.76 Å². The number of aryl methyl sites for hydroxylation is 2. The first-order valence-corrected chi connectivity index (χ1v) is 11.9. The minimum absolute atomic E-state index is 0. The summed E-state index contributed by atoms with van der Waals surface area (Å²) >= 11 is 0. The van der Waals surface area contributed by atoms with E-state index in [1.54, 1.807) is 0 Å². The van der Waals surface area contributed by atoms with Crippen molar-refractivity contribution in [1.29, 1.82) is 0 Å². The fourth-order valence-electron chi connectivity index (χ4n) is 3.88. The van der Waals surface area contributed by atoms with Crippen LogP contribution >= 0.6 is 0 Å². The van der Waals surface area contributed by atoms with E-state index in [2.05, 4.69) is 81.9 Å². The number of rotatable bonds is 0. The standard InChI is InChI=1S/C28H36N2.2HI/c1-2-4-8-12-18-28-20-16-24-30(26-28)22-14-10-6-5-9-13-21-29-23-15-19-27(25-29)17-11-7-3-1;;/h15-16,19-20,23-26H,1-10,13-14,21-22H2;2*1H/q+2;;/p-2. The van der Waals surface area contributed by atoms with Crippen LogP contribution in [0.5, 0.6) is 0 Å². The van der Waals surface area contributed by atoms with E-state index < -0.39 is 0 Å². The zero-order valence-corrected chi connectivity index (χ0v) is 23.5. The predicted molar refractivity (Wildman–Crippen MR) is 122 cm³/mol. The van der Waals surface area contributed by atoms with Gasteiger partial charge in [0.05, 0.1) is 11.1 Å². The lowest BCUT2D eigenvalue weighted by Gasteiger charge is -2.01. The van der Waals surface area contributed by atoms with Gasteiger partial charge in [0.15, 0.2) is 24.8 Å². The Morgan fingerprint density at radius 3 is 1.41 bits per heavy atom. The Labute approximate surface area is 229 Å². The van der Waals surface area contributed by atoms with Crippen molar-refractivity contribution in [3.05, 3.63) is 60.2 Å². The first-order valence-electron chi connectivity index (χ1n) is 11.9. The zero-order valence-electron chi connectivity index (χ0n) is 19.2. The second-order valence-electron chi connectivity index (χ2n) is 8.30. The summed E-state index contributed by atoms with van der Waals surface area (Å²) in [6.45, 7) is 2.19. The van der Waals surface area contributed by atoms with Crippen LogP contribution in [0.1, 0.15) is 88.2 Å². The molecule has 0 fully saturated rings. The van der Waals surface area contributed by atoms with Gasteiger partial charge in [0.25, 0.3) is 0 Å². The van der Waals surface area contributed by atoms with E-state index in [0.29, 0.717) is 0 Å². The Balaban J connectivity index is 0.00000256. The minimum Gasteiger partial charge on any atom is -1.00 e. The maximum Gasteiger partial charge on any atom is 0.184 e. The monoisotopic (exact) mass is 654 g/mol. The average molecular weight is 654 g/mol. The van der Waals surface area contributed by atoms with Crippen molar-refractivity contribution in [1.82, 2.24) is 0 Å². The maximum atomic E-state index is 3.35. The smallest absolute Gasteiger partial charge is 0.184 e. The quantitative estimate of drug-likeness (QED) is 0.203. The molecular formula is C28H36I2N2. The van der Waals surface area contributed by atoms with E-state index in [9.17, 15) is 0 Å². The summed E-state index contributed by atoms with van der Waals surface area (Å²) in [5, 5.41) is 0. The molecule has 0 unspecified atom stereocenters. The third kappa shape index (κ3) is 12.2. The summed E-state index contributed by atoms with van der Waals surface area (Å²) in [7, 11) is 0. The summed E-state index contributed by atoms with van der Waals surface area (Å²) in [6.07, 6.45) is 23.4. The number of fused-ring (bicyclic) bond motifs is 4. The molecule has 0 saturated carbocycles. The van der Waals surface area contributed by atoms with Crippen molar-refractivity contribution < 1.29 is 57.1 Å². The lowest BCUT2D eigenvalue weighted by molar-refractivity contribution is -0.697. The molecule has 1 aliphatic heterocycles. The highest BCUT2D eigenvalue weighted by atomic mass is 127. The van der Waals surface area contributed by atoms with Crippen molar-refractivity contribution in [2.75, 3.05) is 0 Å². The molecule has 3 heterocycles. The third-order valence-electron chi connectivity index (χ3n) is 5.62. The molecule has 0 amide bonds. The molecule has 4 bridgehead atoms. The summed E-state index contributed by atoms with van der Waals surface area (Å²) < 4.78 is 4.60. The normalized spacial score (nSPS) is 15.8. The Kier molecular flexibility index (Phi) is 16.6. The minimum atomic E-state index is 0. The van der Waals surface area contributed by atoms with Crippen LogP contribution in [0.4, 0.5) is 0 Å². The van der Waals surface area contributed by atoms with Crippen molar-refractivity contribution in [3.63, 3.8) is 0 Å². The van der Waals surface area contributed by atoms with Crippen molar-refractivity contribution in [3.8, 4) is 23.7 Å². The van der Waals surface area contributed by atoms with Crippen molar-refractivity contribution in [2.24, 2.45) is 0 Å². The molecule has 172 valence electrons. The van der Waals surface area contributed by atoms with Gasteiger partial charge in [-0.3, -0.25) is 0 Å². The average Bonchev–Trinajstić information content (AvgIpc) is 2.77. The van der Waals surface area contributed by atoms with Gasteiger partial charge in [0.1, 0.15) is 13.1 Å². The van der Waals surface area contributed by atoms with Crippen LogP contribution in [-0.4, -0.2) is 0 Å². The number of halogens is 2. The Morgan fingerprint density at radius 1 is 0.531 bits per heavy atom. The fourth-order valence-corrected chi connectivity index (χ4v) is 3.88. The first kappa shape index (κ1) is 28.9. The predicted octanol–water partition coefficient (Wildman–Crippen LogP) is -0.632. The highest BCUT2D eigenvalue weighted by molar-refractivity contribution is 5.30. The van der Waals surface area contributed by atoms with E-state index in [1.807, 2.05) is 0 Å². The van der Waals surface area contributed by atoms with Gasteiger partial charge in [-0.15, -0.1) is 0 Å². The van der Waals surface area contributed by atoms with Gasteiger partial charge in [-0.1, -0.05) is 49.4 Å². The molecule has 0 radical (unpaired) electrons. The van der Waals surface area contributed by atoms with Crippen LogP contribution in [-0.2, 0) is 13.1 Å². The Morgan fingerprint density at radius 2 is 0.938 bits per heavy atom. The number of pyridine rings is 2. The molecule has 0 saturated heterocycles. The molecule has 3 rings (SSSR count).